The van der Waals surface area contributed by atoms with E-state index in [4.69, 9.17) is 11.6 Å². The first kappa shape index (κ1) is 14.2. The lowest BCUT2D eigenvalue weighted by Crippen LogP contribution is -2.21. The molecule has 0 aliphatic rings. The number of halogens is 1. The van der Waals surface area contributed by atoms with Crippen LogP contribution in [0.15, 0.2) is 18.5 Å². The first-order chi connectivity index (χ1) is 8.97. The van der Waals surface area contributed by atoms with E-state index < -0.39 is 0 Å². The molecule has 0 radical (unpaired) electrons. The van der Waals surface area contributed by atoms with Crippen molar-refractivity contribution in [2.24, 2.45) is 7.05 Å². The van der Waals surface area contributed by atoms with Gasteiger partial charge >= 0.3 is 0 Å². The topological polar surface area (TPSA) is 34.8 Å². The van der Waals surface area contributed by atoms with Crippen molar-refractivity contribution in [1.29, 1.82) is 0 Å². The van der Waals surface area contributed by atoms with Gasteiger partial charge in [-0.3, -0.25) is 4.68 Å². The zero-order valence-electron chi connectivity index (χ0n) is 11.9. The van der Waals surface area contributed by atoms with Gasteiger partial charge in [0.2, 0.25) is 0 Å². The van der Waals surface area contributed by atoms with Crippen LogP contribution in [0.1, 0.15) is 30.8 Å². The van der Waals surface area contributed by atoms with E-state index in [2.05, 4.69) is 47.3 Å². The van der Waals surface area contributed by atoms with Gasteiger partial charge in [-0.1, -0.05) is 25.4 Å². The van der Waals surface area contributed by atoms with Crippen molar-refractivity contribution in [2.45, 2.75) is 39.9 Å². The Kier molecular flexibility index (Phi) is 4.32. The lowest BCUT2D eigenvalue weighted by Gasteiger charge is -2.06. The molecule has 104 valence electrons. The van der Waals surface area contributed by atoms with Crippen LogP contribution >= 0.6 is 11.6 Å². The van der Waals surface area contributed by atoms with Crippen LogP contribution in [0.3, 0.4) is 0 Å². The number of hydrogen-bond acceptors (Lipinski definition) is 2. The van der Waals surface area contributed by atoms with Gasteiger partial charge in [0.1, 0.15) is 0 Å². The van der Waals surface area contributed by atoms with Crippen LogP contribution in [-0.4, -0.2) is 20.4 Å². The van der Waals surface area contributed by atoms with E-state index in [9.17, 15) is 0 Å². The molecule has 0 unspecified atom stereocenters. The van der Waals surface area contributed by atoms with Crippen LogP contribution in [0, 0.1) is 6.92 Å². The molecule has 0 saturated carbocycles. The predicted molar refractivity (Wildman–Crippen MR) is 78.5 cm³/mol. The Balaban J connectivity index is 2.07. The summed E-state index contributed by atoms with van der Waals surface area (Å²) in [7, 11) is 1.93. The fourth-order valence-electron chi connectivity index (χ4n) is 2.04. The average molecular weight is 281 g/mol. The maximum atomic E-state index is 6.26. The van der Waals surface area contributed by atoms with Gasteiger partial charge in [0.05, 0.1) is 23.0 Å². The normalized spacial score (nSPS) is 11.5. The zero-order valence-corrected chi connectivity index (χ0v) is 12.7. The summed E-state index contributed by atoms with van der Waals surface area (Å²) in [5, 5.41) is 8.50. The Morgan fingerprint density at radius 3 is 2.74 bits per heavy atom. The summed E-state index contributed by atoms with van der Waals surface area (Å²) in [6.45, 7) is 7.87. The Hall–Kier alpha value is -1.26. The fraction of sp³-hybridized carbons (Fsp3) is 0.500. The Labute approximate surface area is 119 Å². The van der Waals surface area contributed by atoms with Gasteiger partial charge in [0, 0.05) is 32.0 Å². The number of nitrogens with one attached hydrogen (secondary N) is 1. The number of hydrogen-bond donors (Lipinski definition) is 1. The lowest BCUT2D eigenvalue weighted by atomic mass is 10.3. The Morgan fingerprint density at radius 2 is 2.16 bits per heavy atom. The molecule has 0 spiro atoms. The molecule has 0 bridgehead atoms. The van der Waals surface area contributed by atoms with E-state index in [0.29, 0.717) is 6.04 Å². The summed E-state index contributed by atoms with van der Waals surface area (Å²) in [6.07, 6.45) is 4.23. The fourth-order valence-corrected chi connectivity index (χ4v) is 2.26. The van der Waals surface area contributed by atoms with Crippen molar-refractivity contribution < 1.29 is 0 Å². The second-order valence-corrected chi connectivity index (χ2v) is 5.58. The quantitative estimate of drug-likeness (QED) is 0.914. The van der Waals surface area contributed by atoms with Crippen molar-refractivity contribution in [3.63, 3.8) is 0 Å². The third kappa shape index (κ3) is 3.39. The molecular weight excluding hydrogens is 260 g/mol. The second kappa shape index (κ2) is 5.80. The van der Waals surface area contributed by atoms with E-state index in [1.807, 2.05) is 18.7 Å². The Morgan fingerprint density at radius 1 is 1.42 bits per heavy atom. The first-order valence-electron chi connectivity index (χ1n) is 6.53. The molecule has 2 heterocycles. The maximum Gasteiger partial charge on any atom is 0.0865 e. The third-order valence-electron chi connectivity index (χ3n) is 3.12. The molecule has 0 amide bonds. The van der Waals surface area contributed by atoms with Crippen molar-refractivity contribution in [2.75, 3.05) is 0 Å². The molecule has 0 fully saturated rings. The van der Waals surface area contributed by atoms with Gasteiger partial charge in [0.25, 0.3) is 0 Å². The van der Waals surface area contributed by atoms with Crippen molar-refractivity contribution in [1.82, 2.24) is 19.7 Å². The monoisotopic (exact) mass is 280 g/mol. The summed E-state index contributed by atoms with van der Waals surface area (Å²) in [4.78, 5) is 0. The standard InChI is InChI=1S/C14H21ClN4/c1-10(2)16-7-12-5-6-19(8-12)9-13-14(15)11(3)17-18(13)4/h5-6,8,10,16H,7,9H2,1-4H3. The van der Waals surface area contributed by atoms with E-state index in [1.54, 1.807) is 0 Å². The molecule has 0 atom stereocenters. The number of aromatic nitrogens is 3. The summed E-state index contributed by atoms with van der Waals surface area (Å²) >= 11 is 6.26. The van der Waals surface area contributed by atoms with Crippen LogP contribution in [0.2, 0.25) is 5.02 Å². The molecule has 5 heteroatoms. The van der Waals surface area contributed by atoms with Gasteiger partial charge in [0.15, 0.2) is 0 Å². The van der Waals surface area contributed by atoms with Crippen LogP contribution in [-0.2, 0) is 20.1 Å². The van der Waals surface area contributed by atoms with Crippen molar-refractivity contribution >= 4 is 11.6 Å². The first-order valence-corrected chi connectivity index (χ1v) is 6.91. The van der Waals surface area contributed by atoms with E-state index in [0.717, 1.165) is 29.5 Å². The number of rotatable bonds is 5. The van der Waals surface area contributed by atoms with Gasteiger partial charge in [-0.15, -0.1) is 0 Å². The SMILES string of the molecule is Cc1nn(C)c(Cn2ccc(CNC(C)C)c2)c1Cl. The summed E-state index contributed by atoms with van der Waals surface area (Å²) in [5.74, 6) is 0. The molecule has 0 aliphatic heterocycles. The van der Waals surface area contributed by atoms with Gasteiger partial charge < -0.3 is 9.88 Å². The van der Waals surface area contributed by atoms with Gasteiger partial charge in [-0.05, 0) is 18.6 Å². The minimum atomic E-state index is 0.498. The molecule has 1 N–H and O–H groups in total. The molecule has 2 aromatic rings. The van der Waals surface area contributed by atoms with Gasteiger partial charge in [-0.25, -0.2) is 0 Å². The van der Waals surface area contributed by atoms with E-state index in [1.165, 1.54) is 5.56 Å². The van der Waals surface area contributed by atoms with Crippen LogP contribution in [0.5, 0.6) is 0 Å². The molecule has 0 aromatic carbocycles. The molecule has 0 saturated heterocycles. The molecular formula is C14H21ClN4. The molecule has 2 aromatic heterocycles. The van der Waals surface area contributed by atoms with Crippen LogP contribution in [0.4, 0.5) is 0 Å². The smallest absolute Gasteiger partial charge is 0.0865 e. The highest BCUT2D eigenvalue weighted by Crippen LogP contribution is 2.20. The largest absolute Gasteiger partial charge is 0.348 e. The highest BCUT2D eigenvalue weighted by Gasteiger charge is 2.11. The van der Waals surface area contributed by atoms with Crippen LogP contribution < -0.4 is 5.32 Å². The third-order valence-corrected chi connectivity index (χ3v) is 3.61. The molecule has 2 rings (SSSR count). The summed E-state index contributed by atoms with van der Waals surface area (Å²) in [5.41, 5.74) is 3.20. The Bertz CT molecular complexity index is 554. The number of aryl methyl sites for hydroxylation is 2. The van der Waals surface area contributed by atoms with Crippen molar-refractivity contribution in [3.05, 3.63) is 40.4 Å². The minimum Gasteiger partial charge on any atom is -0.348 e. The summed E-state index contributed by atoms with van der Waals surface area (Å²) in [6, 6.07) is 2.63. The van der Waals surface area contributed by atoms with E-state index >= 15 is 0 Å². The average Bonchev–Trinajstić information content (AvgIpc) is 2.88. The van der Waals surface area contributed by atoms with Gasteiger partial charge in [-0.2, -0.15) is 5.10 Å². The highest BCUT2D eigenvalue weighted by molar-refractivity contribution is 6.31. The zero-order chi connectivity index (χ0) is 14.0. The summed E-state index contributed by atoms with van der Waals surface area (Å²) < 4.78 is 3.99. The molecule has 0 aliphatic carbocycles. The van der Waals surface area contributed by atoms with Crippen LogP contribution in [0.25, 0.3) is 0 Å². The lowest BCUT2D eigenvalue weighted by molar-refractivity contribution is 0.587. The van der Waals surface area contributed by atoms with E-state index in [-0.39, 0.29) is 0 Å². The van der Waals surface area contributed by atoms with Crippen molar-refractivity contribution in [3.8, 4) is 0 Å². The highest BCUT2D eigenvalue weighted by atomic mass is 35.5. The molecule has 19 heavy (non-hydrogen) atoms. The predicted octanol–water partition coefficient (Wildman–Crippen LogP) is 2.73. The maximum absolute atomic E-state index is 6.26. The molecule has 4 nitrogen and oxygen atoms in total. The minimum absolute atomic E-state index is 0.498. The second-order valence-electron chi connectivity index (χ2n) is 5.20. The number of nitrogens with zero attached hydrogens (tertiary/aromatic N) is 3.